The van der Waals surface area contributed by atoms with E-state index in [1.54, 1.807) is 24.3 Å². The number of methoxy groups -OCH3 is 1. The number of halogens is 3. The minimum atomic E-state index is -3.00. The molecule has 300 valence electrons. The standard InChI is InChI=1S/C43H59F3N6O3/c1-48(2)19-6-12-40(53)52-28-35(29-52)43(45,46)33-13-15-37(16-14-33)51-26-31(27-51)25-49-22-17-32(18-23-49)42(30-50-20-7-21-50,34-8-4-9-36(44)24-34)38-10-5-11-39(38)47-41(54)55-3/h4,6,8-9,12-16,24,31-32,35,38-39H,5,7,10-11,17-23,25-30H2,1-3H3,(H,47,54)/b12-6+/t38-,39-,42-/m0/s1. The summed E-state index contributed by atoms with van der Waals surface area (Å²) >= 11 is 0. The average molecular weight is 765 g/mol. The summed E-state index contributed by atoms with van der Waals surface area (Å²) in [6.07, 6.45) is 8.95. The van der Waals surface area contributed by atoms with Crippen molar-refractivity contribution in [3.63, 3.8) is 0 Å². The number of ether oxygens (including phenoxy) is 1. The molecule has 0 aromatic heterocycles. The Hall–Kier alpha value is -3.61. The van der Waals surface area contributed by atoms with Crippen molar-refractivity contribution in [3.05, 3.63) is 77.6 Å². The molecule has 5 fully saturated rings. The van der Waals surface area contributed by atoms with Gasteiger partial charge < -0.3 is 34.6 Å². The Balaban J connectivity index is 0.941. The van der Waals surface area contributed by atoms with Crippen LogP contribution < -0.4 is 10.2 Å². The van der Waals surface area contributed by atoms with Crippen LogP contribution in [0.1, 0.15) is 49.7 Å². The van der Waals surface area contributed by atoms with E-state index in [2.05, 4.69) is 26.1 Å². The van der Waals surface area contributed by atoms with Crippen LogP contribution in [0.15, 0.2) is 60.7 Å². The van der Waals surface area contributed by atoms with Crippen LogP contribution in [0.4, 0.5) is 23.7 Å². The van der Waals surface area contributed by atoms with Gasteiger partial charge in [-0.25, -0.2) is 18.0 Å². The van der Waals surface area contributed by atoms with E-state index in [9.17, 15) is 14.0 Å². The normalized spacial score (nSPS) is 24.4. The third-order valence-electron chi connectivity index (χ3n) is 13.3. The van der Waals surface area contributed by atoms with E-state index in [0.717, 1.165) is 95.7 Å². The third kappa shape index (κ3) is 8.56. The molecule has 4 heterocycles. The van der Waals surface area contributed by atoms with Crippen LogP contribution in [0.3, 0.4) is 0 Å². The summed E-state index contributed by atoms with van der Waals surface area (Å²) in [6, 6.07) is 14.0. The molecular weight excluding hydrogens is 706 g/mol. The number of likely N-dealkylation sites (N-methyl/N-ethyl adjacent to an activating group) is 1. The van der Waals surface area contributed by atoms with Gasteiger partial charge in [-0.3, -0.25) is 4.79 Å². The minimum absolute atomic E-state index is 0.00451. The van der Waals surface area contributed by atoms with Crippen LogP contribution in [0.25, 0.3) is 0 Å². The summed E-state index contributed by atoms with van der Waals surface area (Å²) in [5.41, 5.74) is 1.74. The maximum absolute atomic E-state index is 15.4. The van der Waals surface area contributed by atoms with Crippen LogP contribution in [-0.2, 0) is 20.9 Å². The number of piperidine rings is 1. The maximum atomic E-state index is 15.4. The van der Waals surface area contributed by atoms with Crippen molar-refractivity contribution in [1.82, 2.24) is 24.9 Å². The van der Waals surface area contributed by atoms with Gasteiger partial charge in [0.1, 0.15) is 5.82 Å². The van der Waals surface area contributed by atoms with Crippen molar-refractivity contribution in [2.24, 2.45) is 23.7 Å². The van der Waals surface area contributed by atoms with Gasteiger partial charge in [0.15, 0.2) is 0 Å². The second-order valence-electron chi connectivity index (χ2n) is 17.1. The van der Waals surface area contributed by atoms with Gasteiger partial charge in [0, 0.05) is 80.5 Å². The highest BCUT2D eigenvalue weighted by molar-refractivity contribution is 5.88. The summed E-state index contributed by atoms with van der Waals surface area (Å²) in [5.74, 6) is -3.27. The highest BCUT2D eigenvalue weighted by Crippen LogP contribution is 2.52. The fourth-order valence-electron chi connectivity index (χ4n) is 10.1. The molecule has 2 aromatic rings. The lowest BCUT2D eigenvalue weighted by atomic mass is 9.57. The number of hydrogen-bond donors (Lipinski definition) is 1. The van der Waals surface area contributed by atoms with Gasteiger partial charge in [-0.05, 0) is 114 Å². The molecular formula is C43H59F3N6O3. The lowest BCUT2D eigenvalue weighted by Crippen LogP contribution is -2.60. The van der Waals surface area contributed by atoms with Crippen molar-refractivity contribution >= 4 is 17.7 Å². The van der Waals surface area contributed by atoms with Gasteiger partial charge in [-0.1, -0.05) is 36.8 Å². The predicted molar refractivity (Wildman–Crippen MR) is 209 cm³/mol. The second-order valence-corrected chi connectivity index (χ2v) is 17.1. The molecule has 4 aliphatic heterocycles. The number of anilines is 1. The maximum Gasteiger partial charge on any atom is 0.407 e. The Morgan fingerprint density at radius 1 is 0.891 bits per heavy atom. The molecule has 0 spiro atoms. The van der Waals surface area contributed by atoms with Gasteiger partial charge >= 0.3 is 6.09 Å². The predicted octanol–water partition coefficient (Wildman–Crippen LogP) is 5.81. The monoisotopic (exact) mass is 764 g/mol. The summed E-state index contributed by atoms with van der Waals surface area (Å²) in [5, 5.41) is 3.18. The van der Waals surface area contributed by atoms with Gasteiger partial charge in [-0.2, -0.15) is 0 Å². The number of carbonyl (C=O) groups is 2. The molecule has 3 atom stereocenters. The van der Waals surface area contributed by atoms with E-state index in [0.29, 0.717) is 18.4 Å². The minimum Gasteiger partial charge on any atom is -0.453 e. The fraction of sp³-hybridized carbons (Fsp3) is 0.628. The van der Waals surface area contributed by atoms with E-state index < -0.39 is 17.9 Å². The van der Waals surface area contributed by atoms with E-state index >= 15 is 8.78 Å². The lowest BCUT2D eigenvalue weighted by Gasteiger charge is -2.54. The summed E-state index contributed by atoms with van der Waals surface area (Å²) in [6.45, 7) is 8.45. The van der Waals surface area contributed by atoms with Crippen molar-refractivity contribution < 1.29 is 27.5 Å². The molecule has 55 heavy (non-hydrogen) atoms. The van der Waals surface area contributed by atoms with Gasteiger partial charge in [0.2, 0.25) is 5.91 Å². The van der Waals surface area contributed by atoms with Crippen LogP contribution in [0.2, 0.25) is 0 Å². The van der Waals surface area contributed by atoms with E-state index in [1.165, 1.54) is 30.6 Å². The van der Waals surface area contributed by atoms with Crippen LogP contribution in [0, 0.1) is 29.5 Å². The zero-order chi connectivity index (χ0) is 38.7. The van der Waals surface area contributed by atoms with E-state index in [4.69, 9.17) is 4.74 Å². The quantitative estimate of drug-likeness (QED) is 0.244. The fourth-order valence-corrected chi connectivity index (χ4v) is 10.1. The average Bonchev–Trinajstić information content (AvgIpc) is 3.57. The topological polar surface area (TPSA) is 71.6 Å². The molecule has 7 rings (SSSR count). The Morgan fingerprint density at radius 2 is 1.62 bits per heavy atom. The molecule has 12 heteroatoms. The zero-order valence-electron chi connectivity index (χ0n) is 32.8. The van der Waals surface area contributed by atoms with E-state index in [1.807, 2.05) is 37.2 Å². The first-order valence-electron chi connectivity index (χ1n) is 20.3. The number of alkyl carbamates (subject to hydrolysis) is 1. The SMILES string of the molecule is COC(=O)N[C@H]1CCC[C@@H]1[C@](CN1CCC1)(c1cccc(F)c1)C1CCN(CC2CN(c3ccc(C(F)(F)C4CN(C(=O)/C=C/CN(C)C)C4)cc3)C2)CC1. The number of hydrogen-bond acceptors (Lipinski definition) is 7. The molecule has 1 saturated carbocycles. The molecule has 1 aliphatic carbocycles. The molecule has 2 amide bonds. The number of benzene rings is 2. The molecule has 0 bridgehead atoms. The zero-order valence-corrected chi connectivity index (χ0v) is 32.8. The van der Waals surface area contributed by atoms with Crippen LogP contribution in [-0.4, -0.2) is 131 Å². The third-order valence-corrected chi connectivity index (χ3v) is 13.3. The first kappa shape index (κ1) is 39.6. The van der Waals surface area contributed by atoms with Crippen molar-refractivity contribution in [1.29, 1.82) is 0 Å². The number of amides is 2. The molecule has 0 unspecified atom stereocenters. The Labute approximate surface area is 324 Å². The molecule has 1 N–H and O–H groups in total. The van der Waals surface area contributed by atoms with Crippen molar-refractivity contribution in [2.45, 2.75) is 55.9 Å². The lowest BCUT2D eigenvalue weighted by molar-refractivity contribution is -0.151. The first-order chi connectivity index (χ1) is 26.5. The van der Waals surface area contributed by atoms with E-state index in [-0.39, 0.29) is 47.8 Å². The summed E-state index contributed by atoms with van der Waals surface area (Å²) < 4.78 is 50.8. The second kappa shape index (κ2) is 16.9. The van der Waals surface area contributed by atoms with Crippen LogP contribution in [0.5, 0.6) is 0 Å². The number of rotatable bonds is 14. The highest BCUT2D eigenvalue weighted by atomic mass is 19.3. The van der Waals surface area contributed by atoms with Crippen molar-refractivity contribution in [3.8, 4) is 0 Å². The van der Waals surface area contributed by atoms with Crippen LogP contribution >= 0.6 is 0 Å². The molecule has 9 nitrogen and oxygen atoms in total. The molecule has 0 radical (unpaired) electrons. The van der Waals surface area contributed by atoms with Gasteiger partial charge in [0.05, 0.1) is 13.0 Å². The summed E-state index contributed by atoms with van der Waals surface area (Å²) in [4.78, 5) is 35.6. The highest BCUT2D eigenvalue weighted by Gasteiger charge is 2.53. The molecule has 2 aromatic carbocycles. The Morgan fingerprint density at radius 3 is 2.25 bits per heavy atom. The van der Waals surface area contributed by atoms with Gasteiger partial charge in [-0.15, -0.1) is 0 Å². The molecule has 4 saturated heterocycles. The number of alkyl halides is 2. The van der Waals surface area contributed by atoms with Crippen molar-refractivity contribution in [2.75, 3.05) is 98.1 Å². The Bertz CT molecular complexity index is 1650. The Kier molecular flexibility index (Phi) is 12.1. The number of likely N-dealkylation sites (tertiary alicyclic amines) is 3. The number of carbonyl (C=O) groups excluding carboxylic acids is 2. The largest absolute Gasteiger partial charge is 0.453 e. The molecule has 5 aliphatic rings. The number of nitrogens with one attached hydrogen (secondary N) is 1. The number of nitrogens with zero attached hydrogens (tertiary/aromatic N) is 5. The summed E-state index contributed by atoms with van der Waals surface area (Å²) in [7, 11) is 5.23. The van der Waals surface area contributed by atoms with Gasteiger partial charge in [0.25, 0.3) is 5.92 Å². The first-order valence-corrected chi connectivity index (χ1v) is 20.3. The smallest absolute Gasteiger partial charge is 0.407 e.